The molecule has 0 aliphatic rings. The number of para-hydroxylation sites is 1. The molecule has 0 unspecified atom stereocenters. The summed E-state index contributed by atoms with van der Waals surface area (Å²) in [6.07, 6.45) is 2.54. The first kappa shape index (κ1) is 8.56. The van der Waals surface area contributed by atoms with Gasteiger partial charge in [-0.05, 0) is 18.2 Å². The summed E-state index contributed by atoms with van der Waals surface area (Å²) in [5.74, 6) is 1.18. The van der Waals surface area contributed by atoms with Gasteiger partial charge < -0.3 is 9.72 Å². The van der Waals surface area contributed by atoms with E-state index in [1.807, 2.05) is 12.1 Å². The van der Waals surface area contributed by atoms with Gasteiger partial charge in [-0.15, -0.1) is 0 Å². The first-order valence-electron chi connectivity index (χ1n) is 4.25. The van der Waals surface area contributed by atoms with Crippen molar-refractivity contribution < 1.29 is 9.53 Å². The van der Waals surface area contributed by atoms with E-state index in [1.54, 1.807) is 30.5 Å². The Labute approximate surface area is 81.3 Å². The fourth-order valence-electron chi connectivity index (χ4n) is 1.17. The SMILES string of the molecule is O=Cc1ccccc1Oc1ccc[nH]1. The van der Waals surface area contributed by atoms with E-state index in [1.165, 1.54) is 0 Å². The average molecular weight is 187 g/mol. The minimum atomic E-state index is 0.544. The van der Waals surface area contributed by atoms with Crippen molar-refractivity contribution in [3.05, 3.63) is 48.2 Å². The molecule has 0 atom stereocenters. The van der Waals surface area contributed by atoms with Gasteiger partial charge >= 0.3 is 0 Å². The minimum absolute atomic E-state index is 0.544. The van der Waals surface area contributed by atoms with E-state index in [-0.39, 0.29) is 0 Å². The Kier molecular flexibility index (Phi) is 2.32. The van der Waals surface area contributed by atoms with E-state index >= 15 is 0 Å². The van der Waals surface area contributed by atoms with E-state index in [4.69, 9.17) is 4.74 Å². The second-order valence-corrected chi connectivity index (χ2v) is 2.79. The number of ether oxygens (including phenoxy) is 1. The Hall–Kier alpha value is -2.03. The maximum absolute atomic E-state index is 10.7. The molecule has 0 aliphatic heterocycles. The normalized spacial score (nSPS) is 9.71. The number of hydrogen-bond acceptors (Lipinski definition) is 2. The van der Waals surface area contributed by atoms with Gasteiger partial charge in [0.15, 0.2) is 12.2 Å². The van der Waals surface area contributed by atoms with E-state index in [0.717, 1.165) is 6.29 Å². The Balaban J connectivity index is 2.28. The second-order valence-electron chi connectivity index (χ2n) is 2.79. The molecular formula is C11H9NO2. The van der Waals surface area contributed by atoms with Gasteiger partial charge in [0.05, 0.1) is 5.56 Å². The lowest BCUT2D eigenvalue weighted by atomic mass is 10.2. The highest BCUT2D eigenvalue weighted by Crippen LogP contribution is 2.22. The van der Waals surface area contributed by atoms with Crippen LogP contribution in [-0.2, 0) is 0 Å². The van der Waals surface area contributed by atoms with Crippen LogP contribution in [0, 0.1) is 0 Å². The first-order valence-corrected chi connectivity index (χ1v) is 4.25. The van der Waals surface area contributed by atoms with E-state index < -0.39 is 0 Å². The highest BCUT2D eigenvalue weighted by Gasteiger charge is 2.02. The highest BCUT2D eigenvalue weighted by molar-refractivity contribution is 5.79. The standard InChI is InChI=1S/C11H9NO2/c13-8-9-4-1-2-5-10(9)14-11-6-3-7-12-11/h1-8,12H. The number of H-pyrrole nitrogens is 1. The fourth-order valence-corrected chi connectivity index (χ4v) is 1.17. The molecule has 2 rings (SSSR count). The van der Waals surface area contributed by atoms with Crippen LogP contribution in [-0.4, -0.2) is 11.3 Å². The number of carbonyl (C=O) groups excluding carboxylic acids is 1. The summed E-state index contributed by atoms with van der Waals surface area (Å²) in [6.45, 7) is 0. The number of nitrogens with one attached hydrogen (secondary N) is 1. The summed E-state index contributed by atoms with van der Waals surface area (Å²) in [5, 5.41) is 0. The lowest BCUT2D eigenvalue weighted by molar-refractivity contribution is 0.112. The third kappa shape index (κ3) is 1.66. The van der Waals surface area contributed by atoms with Crippen molar-refractivity contribution in [1.29, 1.82) is 0 Å². The van der Waals surface area contributed by atoms with Gasteiger partial charge in [-0.25, -0.2) is 0 Å². The topological polar surface area (TPSA) is 42.1 Å². The summed E-state index contributed by atoms with van der Waals surface area (Å²) in [6, 6.07) is 10.7. The maximum atomic E-state index is 10.7. The highest BCUT2D eigenvalue weighted by atomic mass is 16.5. The van der Waals surface area contributed by atoms with Crippen LogP contribution >= 0.6 is 0 Å². The van der Waals surface area contributed by atoms with E-state index in [9.17, 15) is 4.79 Å². The van der Waals surface area contributed by atoms with Crippen molar-refractivity contribution >= 4 is 6.29 Å². The molecule has 1 aromatic heterocycles. The molecule has 1 aromatic carbocycles. The van der Waals surface area contributed by atoms with Gasteiger partial charge in [0.25, 0.3) is 0 Å². The van der Waals surface area contributed by atoms with Crippen LogP contribution in [0.25, 0.3) is 0 Å². The molecule has 0 spiro atoms. The van der Waals surface area contributed by atoms with Crippen molar-refractivity contribution in [2.75, 3.05) is 0 Å². The van der Waals surface area contributed by atoms with Crippen molar-refractivity contribution in [3.8, 4) is 11.6 Å². The van der Waals surface area contributed by atoms with Gasteiger partial charge in [0.1, 0.15) is 5.75 Å². The number of aromatic nitrogens is 1. The predicted molar refractivity (Wildman–Crippen MR) is 52.7 cm³/mol. The maximum Gasteiger partial charge on any atom is 0.197 e. The molecular weight excluding hydrogens is 178 g/mol. The summed E-state index contributed by atoms with van der Waals surface area (Å²) < 4.78 is 5.45. The van der Waals surface area contributed by atoms with Crippen molar-refractivity contribution in [3.63, 3.8) is 0 Å². The van der Waals surface area contributed by atoms with Crippen LogP contribution in [0.3, 0.4) is 0 Å². The van der Waals surface area contributed by atoms with Gasteiger partial charge in [0.2, 0.25) is 0 Å². The summed E-state index contributed by atoms with van der Waals surface area (Å²) in [4.78, 5) is 13.6. The number of aldehydes is 1. The van der Waals surface area contributed by atoms with Gasteiger partial charge in [-0.1, -0.05) is 12.1 Å². The van der Waals surface area contributed by atoms with Crippen LogP contribution in [0.1, 0.15) is 10.4 Å². The molecule has 0 bridgehead atoms. The lowest BCUT2D eigenvalue weighted by Crippen LogP contribution is -1.89. The van der Waals surface area contributed by atoms with Gasteiger partial charge in [-0.3, -0.25) is 4.79 Å². The smallest absolute Gasteiger partial charge is 0.197 e. The number of aromatic amines is 1. The molecule has 0 saturated carbocycles. The summed E-state index contributed by atoms with van der Waals surface area (Å²) >= 11 is 0. The minimum Gasteiger partial charge on any atom is -0.440 e. The van der Waals surface area contributed by atoms with Crippen LogP contribution in [0.15, 0.2) is 42.6 Å². The zero-order valence-corrected chi connectivity index (χ0v) is 7.44. The molecule has 1 N–H and O–H groups in total. The predicted octanol–water partition coefficient (Wildman–Crippen LogP) is 2.62. The Morgan fingerprint density at radius 3 is 2.71 bits per heavy atom. The van der Waals surface area contributed by atoms with Gasteiger partial charge in [0, 0.05) is 12.3 Å². The van der Waals surface area contributed by atoms with Crippen LogP contribution in [0.2, 0.25) is 0 Å². The molecule has 3 nitrogen and oxygen atoms in total. The molecule has 3 heteroatoms. The lowest BCUT2D eigenvalue weighted by Gasteiger charge is -2.04. The molecule has 0 aliphatic carbocycles. The third-order valence-corrected chi connectivity index (χ3v) is 1.84. The Morgan fingerprint density at radius 1 is 1.14 bits per heavy atom. The Morgan fingerprint density at radius 2 is 2.00 bits per heavy atom. The number of hydrogen-bond donors (Lipinski definition) is 1. The molecule has 70 valence electrons. The second kappa shape index (κ2) is 3.79. The molecule has 0 amide bonds. The van der Waals surface area contributed by atoms with E-state index in [2.05, 4.69) is 4.98 Å². The van der Waals surface area contributed by atoms with E-state index in [0.29, 0.717) is 17.2 Å². The summed E-state index contributed by atoms with van der Waals surface area (Å²) in [5.41, 5.74) is 0.544. The molecule has 0 saturated heterocycles. The number of carbonyl (C=O) groups is 1. The largest absolute Gasteiger partial charge is 0.440 e. The van der Waals surface area contributed by atoms with Gasteiger partial charge in [-0.2, -0.15) is 0 Å². The first-order chi connectivity index (χ1) is 6.90. The summed E-state index contributed by atoms with van der Waals surface area (Å²) in [7, 11) is 0. The molecule has 1 heterocycles. The van der Waals surface area contributed by atoms with Crippen molar-refractivity contribution in [1.82, 2.24) is 4.98 Å². The molecule has 14 heavy (non-hydrogen) atoms. The molecule has 2 aromatic rings. The fraction of sp³-hybridized carbons (Fsp3) is 0. The Bertz CT molecular complexity index is 421. The van der Waals surface area contributed by atoms with Crippen LogP contribution in [0.5, 0.6) is 11.6 Å². The average Bonchev–Trinajstić information content (AvgIpc) is 2.71. The zero-order valence-electron chi connectivity index (χ0n) is 7.44. The van der Waals surface area contributed by atoms with Crippen molar-refractivity contribution in [2.24, 2.45) is 0 Å². The monoisotopic (exact) mass is 187 g/mol. The molecule has 0 fully saturated rings. The van der Waals surface area contributed by atoms with Crippen LogP contribution < -0.4 is 4.74 Å². The number of benzene rings is 1. The quantitative estimate of drug-likeness (QED) is 0.750. The van der Waals surface area contributed by atoms with Crippen LogP contribution in [0.4, 0.5) is 0 Å². The zero-order chi connectivity index (χ0) is 9.80. The third-order valence-electron chi connectivity index (χ3n) is 1.84. The van der Waals surface area contributed by atoms with Crippen molar-refractivity contribution in [2.45, 2.75) is 0 Å². The molecule has 0 radical (unpaired) electrons. The number of rotatable bonds is 3.